The Morgan fingerprint density at radius 3 is 2.63 bits per heavy atom. The van der Waals surface area contributed by atoms with Crippen molar-refractivity contribution in [3.8, 4) is 17.0 Å². The lowest BCUT2D eigenvalue weighted by Crippen LogP contribution is -2.29. The highest BCUT2D eigenvalue weighted by Gasteiger charge is 2.23. The number of fused-ring (bicyclic) bond motifs is 1. The molecule has 4 rings (SSSR count). The maximum Gasteiger partial charge on any atom is 0.293 e. The number of benzene rings is 2. The maximum absolute atomic E-state index is 12.9. The van der Waals surface area contributed by atoms with Gasteiger partial charge >= 0.3 is 0 Å². The van der Waals surface area contributed by atoms with Gasteiger partial charge in [0.15, 0.2) is 5.75 Å². The molecular formula is C26H30N4O5. The molecule has 3 aromatic rings. The lowest BCUT2D eigenvalue weighted by atomic mass is 10.0. The number of aromatic amines is 1. The highest BCUT2D eigenvalue weighted by Crippen LogP contribution is 2.36. The van der Waals surface area contributed by atoms with E-state index >= 15 is 0 Å². The van der Waals surface area contributed by atoms with E-state index in [1.807, 2.05) is 4.90 Å². The summed E-state index contributed by atoms with van der Waals surface area (Å²) in [5, 5.41) is 25.6. The van der Waals surface area contributed by atoms with Crippen LogP contribution in [0.2, 0.25) is 0 Å². The predicted molar refractivity (Wildman–Crippen MR) is 136 cm³/mol. The molecule has 1 aromatic heterocycles. The van der Waals surface area contributed by atoms with E-state index in [4.69, 9.17) is 0 Å². The van der Waals surface area contributed by atoms with E-state index < -0.39 is 16.1 Å². The van der Waals surface area contributed by atoms with Gasteiger partial charge in [0.05, 0.1) is 16.1 Å². The van der Waals surface area contributed by atoms with Crippen LogP contribution in [-0.4, -0.2) is 40.6 Å². The highest BCUT2D eigenvalue weighted by molar-refractivity contribution is 5.98. The summed E-state index contributed by atoms with van der Waals surface area (Å²) in [6.45, 7) is 4.16. The van der Waals surface area contributed by atoms with Gasteiger partial charge in [0.2, 0.25) is 5.43 Å². The van der Waals surface area contributed by atoms with E-state index in [0.717, 1.165) is 51.6 Å². The van der Waals surface area contributed by atoms with E-state index in [1.54, 1.807) is 24.3 Å². The fourth-order valence-electron chi connectivity index (χ4n) is 4.54. The van der Waals surface area contributed by atoms with Gasteiger partial charge in [-0.2, -0.15) is 0 Å². The number of anilines is 1. The first kappa shape index (κ1) is 24.3. The van der Waals surface area contributed by atoms with Gasteiger partial charge in [0.1, 0.15) is 5.69 Å². The number of hydrogen-bond acceptors (Lipinski definition) is 6. The second-order valence-corrected chi connectivity index (χ2v) is 8.91. The van der Waals surface area contributed by atoms with Crippen LogP contribution in [0.25, 0.3) is 22.2 Å². The zero-order valence-corrected chi connectivity index (χ0v) is 19.8. The van der Waals surface area contributed by atoms with Gasteiger partial charge in [-0.05, 0) is 49.9 Å². The standard InChI is InChI=1S/C26H30N4O5/c1-2-3-5-12-27-26(33)18-8-10-19-20(15-18)28-23(25(32)24(19)31)17-9-11-21(22(16-17)30(34)35)29-13-6-4-7-14-29/h8-11,15-16,32H,2-7,12-14H2,1H3,(H,27,33)(H,28,31). The molecule has 0 unspecified atom stereocenters. The number of H-pyrrole nitrogens is 1. The lowest BCUT2D eigenvalue weighted by Gasteiger charge is -2.28. The van der Waals surface area contributed by atoms with E-state index in [2.05, 4.69) is 17.2 Å². The summed E-state index contributed by atoms with van der Waals surface area (Å²) in [6.07, 6.45) is 6.02. The fraction of sp³-hybridized carbons (Fsp3) is 0.385. The molecule has 9 nitrogen and oxygen atoms in total. The Kier molecular flexibility index (Phi) is 7.33. The number of piperidine rings is 1. The van der Waals surface area contributed by atoms with Crippen LogP contribution in [0.5, 0.6) is 5.75 Å². The van der Waals surface area contributed by atoms with Crippen LogP contribution in [0.1, 0.15) is 55.8 Å². The van der Waals surface area contributed by atoms with Crippen LogP contribution < -0.4 is 15.6 Å². The molecule has 1 saturated heterocycles. The minimum absolute atomic E-state index is 0.0787. The third-order valence-electron chi connectivity index (χ3n) is 6.46. The van der Waals surface area contributed by atoms with Crippen LogP contribution in [0.15, 0.2) is 41.2 Å². The van der Waals surface area contributed by atoms with Gasteiger partial charge in [0.25, 0.3) is 11.6 Å². The number of aromatic hydroxyl groups is 1. The average Bonchev–Trinajstić information content (AvgIpc) is 2.88. The highest BCUT2D eigenvalue weighted by atomic mass is 16.6. The average molecular weight is 479 g/mol. The van der Waals surface area contributed by atoms with Crippen LogP contribution in [-0.2, 0) is 0 Å². The number of hydrogen-bond donors (Lipinski definition) is 3. The minimum atomic E-state index is -0.605. The monoisotopic (exact) mass is 478 g/mol. The first-order chi connectivity index (χ1) is 16.9. The van der Waals surface area contributed by atoms with E-state index in [0.29, 0.717) is 28.9 Å². The molecule has 0 spiro atoms. The second kappa shape index (κ2) is 10.6. The summed E-state index contributed by atoms with van der Waals surface area (Å²) in [4.78, 5) is 41.8. The van der Waals surface area contributed by atoms with Gasteiger partial charge in [0, 0.05) is 42.2 Å². The number of nitrogens with one attached hydrogen (secondary N) is 2. The van der Waals surface area contributed by atoms with Gasteiger partial charge in [-0.25, -0.2) is 0 Å². The molecule has 1 fully saturated rings. The molecule has 0 atom stereocenters. The van der Waals surface area contributed by atoms with Gasteiger partial charge in [-0.15, -0.1) is 0 Å². The molecule has 9 heteroatoms. The number of rotatable bonds is 8. The normalized spacial score (nSPS) is 13.7. The van der Waals surface area contributed by atoms with Crippen molar-refractivity contribution >= 4 is 28.2 Å². The Balaban J connectivity index is 1.72. The van der Waals surface area contributed by atoms with Gasteiger partial charge in [-0.1, -0.05) is 25.8 Å². The number of nitro benzene ring substituents is 1. The van der Waals surface area contributed by atoms with Crippen molar-refractivity contribution in [2.24, 2.45) is 0 Å². The summed E-state index contributed by atoms with van der Waals surface area (Å²) in [5.41, 5.74) is 0.999. The molecule has 2 aromatic carbocycles. The van der Waals surface area contributed by atoms with E-state index in [1.165, 1.54) is 12.1 Å². The number of pyridine rings is 1. The largest absolute Gasteiger partial charge is 0.503 e. The molecule has 35 heavy (non-hydrogen) atoms. The van der Waals surface area contributed by atoms with Crippen LogP contribution in [0, 0.1) is 10.1 Å². The minimum Gasteiger partial charge on any atom is -0.503 e. The summed E-state index contributed by atoms with van der Waals surface area (Å²) in [5.74, 6) is -0.769. The quantitative estimate of drug-likeness (QED) is 0.244. The first-order valence-corrected chi connectivity index (χ1v) is 12.1. The molecule has 2 heterocycles. The van der Waals surface area contributed by atoms with Crippen molar-refractivity contribution in [3.05, 3.63) is 62.3 Å². The number of carbonyl (C=O) groups is 1. The molecule has 1 aliphatic rings. The Labute approximate surface area is 202 Å². The van der Waals surface area contributed by atoms with Crippen molar-refractivity contribution in [1.82, 2.24) is 10.3 Å². The second-order valence-electron chi connectivity index (χ2n) is 8.91. The Morgan fingerprint density at radius 1 is 1.14 bits per heavy atom. The molecular weight excluding hydrogens is 448 g/mol. The molecule has 1 amide bonds. The van der Waals surface area contributed by atoms with Crippen molar-refractivity contribution in [2.75, 3.05) is 24.5 Å². The van der Waals surface area contributed by atoms with Gasteiger partial charge < -0.3 is 20.3 Å². The number of nitro groups is 1. The smallest absolute Gasteiger partial charge is 0.293 e. The molecule has 184 valence electrons. The van der Waals surface area contributed by atoms with Crippen LogP contribution in [0.3, 0.4) is 0 Å². The lowest BCUT2D eigenvalue weighted by molar-refractivity contribution is -0.384. The summed E-state index contributed by atoms with van der Waals surface area (Å²) in [7, 11) is 0. The molecule has 1 aliphatic heterocycles. The Hall–Kier alpha value is -3.88. The Morgan fingerprint density at radius 2 is 1.91 bits per heavy atom. The van der Waals surface area contributed by atoms with Crippen molar-refractivity contribution in [3.63, 3.8) is 0 Å². The number of unbranched alkanes of at least 4 members (excludes halogenated alkanes) is 2. The zero-order valence-electron chi connectivity index (χ0n) is 19.8. The number of aromatic nitrogens is 1. The number of carbonyl (C=O) groups excluding carboxylic acids is 1. The number of nitrogens with zero attached hydrogens (tertiary/aromatic N) is 2. The zero-order chi connectivity index (χ0) is 24.9. The van der Waals surface area contributed by atoms with E-state index in [-0.39, 0.29) is 22.7 Å². The Bertz CT molecular complexity index is 1310. The molecule has 0 aliphatic carbocycles. The van der Waals surface area contributed by atoms with Crippen molar-refractivity contribution < 1.29 is 14.8 Å². The molecule has 0 radical (unpaired) electrons. The number of amides is 1. The summed E-state index contributed by atoms with van der Waals surface area (Å²) in [6, 6.07) is 9.32. The fourth-order valence-corrected chi connectivity index (χ4v) is 4.54. The third-order valence-corrected chi connectivity index (χ3v) is 6.46. The van der Waals surface area contributed by atoms with Crippen LogP contribution in [0.4, 0.5) is 11.4 Å². The molecule has 0 saturated carbocycles. The third kappa shape index (κ3) is 5.13. The molecule has 0 bridgehead atoms. The summed E-state index contributed by atoms with van der Waals surface area (Å²) < 4.78 is 0. The first-order valence-electron chi connectivity index (χ1n) is 12.1. The molecule has 3 N–H and O–H groups in total. The van der Waals surface area contributed by atoms with Crippen molar-refractivity contribution in [1.29, 1.82) is 0 Å². The van der Waals surface area contributed by atoms with E-state index in [9.17, 15) is 24.8 Å². The maximum atomic E-state index is 12.9. The van der Waals surface area contributed by atoms with Crippen molar-refractivity contribution in [2.45, 2.75) is 45.4 Å². The van der Waals surface area contributed by atoms with Gasteiger partial charge in [-0.3, -0.25) is 19.7 Å². The topological polar surface area (TPSA) is 129 Å². The predicted octanol–water partition coefficient (Wildman–Crippen LogP) is 4.72. The van der Waals surface area contributed by atoms with Crippen LogP contribution >= 0.6 is 0 Å². The summed E-state index contributed by atoms with van der Waals surface area (Å²) >= 11 is 0. The SMILES string of the molecule is CCCCCNC(=O)c1ccc2c(=O)c(O)c(-c3ccc(N4CCCCC4)c([N+](=O)[O-])c3)[nH]c2c1.